The molecule has 0 radical (unpaired) electrons. The van der Waals surface area contributed by atoms with Crippen LogP contribution in [-0.4, -0.2) is 57.9 Å². The molecule has 0 unspecified atom stereocenters. The Kier molecular flexibility index (Phi) is 6.22. The summed E-state index contributed by atoms with van der Waals surface area (Å²) in [5.74, 6) is 0.150. The van der Waals surface area contributed by atoms with Crippen LogP contribution < -0.4 is 10.2 Å². The van der Waals surface area contributed by atoms with E-state index in [9.17, 15) is 14.2 Å². The summed E-state index contributed by atoms with van der Waals surface area (Å²) in [6.45, 7) is -0.267. The number of carbonyl (C=O) groups is 2. The van der Waals surface area contributed by atoms with Crippen LogP contribution in [0.2, 0.25) is 0 Å². The Balaban J connectivity index is 1.29. The molecule has 0 saturated carbocycles. The lowest BCUT2D eigenvalue weighted by Crippen LogP contribution is -2.40. The maximum Gasteiger partial charge on any atom is 0.470 e. The van der Waals surface area contributed by atoms with Crippen molar-refractivity contribution in [3.05, 3.63) is 53.9 Å². The van der Waals surface area contributed by atoms with Gasteiger partial charge >= 0.3 is 20.0 Å². The van der Waals surface area contributed by atoms with E-state index in [1.807, 2.05) is 24.3 Å². The predicted octanol–water partition coefficient (Wildman–Crippen LogP) is 2.62. The topological polar surface area (TPSA) is 174 Å². The molecule has 0 aliphatic carbocycles. The van der Waals surface area contributed by atoms with Crippen LogP contribution in [0.25, 0.3) is 22.5 Å². The number of rotatable bonds is 7. The van der Waals surface area contributed by atoms with Gasteiger partial charge in [0.25, 0.3) is 0 Å². The van der Waals surface area contributed by atoms with Gasteiger partial charge in [-0.15, -0.1) is 0 Å². The van der Waals surface area contributed by atoms with Gasteiger partial charge in [0, 0.05) is 17.8 Å². The van der Waals surface area contributed by atoms with Gasteiger partial charge in [0.15, 0.2) is 5.76 Å². The molecule has 13 nitrogen and oxygen atoms in total. The normalized spacial score (nSPS) is 18.5. The Labute approximate surface area is 204 Å². The molecule has 3 aromatic rings. The van der Waals surface area contributed by atoms with E-state index in [0.29, 0.717) is 17.8 Å². The van der Waals surface area contributed by atoms with E-state index in [2.05, 4.69) is 24.7 Å². The Morgan fingerprint density at radius 3 is 2.75 bits per heavy atom. The summed E-state index contributed by atoms with van der Waals surface area (Å²) in [7, 11) is -3.35. The zero-order chi connectivity index (χ0) is 25.4. The van der Waals surface area contributed by atoms with Crippen molar-refractivity contribution < 1.29 is 42.5 Å². The molecule has 0 bridgehead atoms. The molecule has 2 aromatic heterocycles. The SMILES string of the molecule is COC(=O)NC[C@@H]1OC(=O)N2c3ccc(-c4ccc(-c5cc(COP(=O)(O)O)on5)nc4)cc3C[C@@H]12. The highest BCUT2D eigenvalue weighted by atomic mass is 31.2. The molecule has 0 spiro atoms. The number of alkyl carbamates (subject to hydrolysis) is 1. The second-order valence-electron chi connectivity index (χ2n) is 8.15. The minimum atomic E-state index is -4.62. The first-order valence-electron chi connectivity index (χ1n) is 10.8. The third kappa shape index (κ3) is 4.82. The number of nitrogens with one attached hydrogen (secondary N) is 1. The Morgan fingerprint density at radius 1 is 1.22 bits per heavy atom. The van der Waals surface area contributed by atoms with Crippen molar-refractivity contribution in [1.82, 2.24) is 15.5 Å². The van der Waals surface area contributed by atoms with Crippen LogP contribution in [0.3, 0.4) is 0 Å². The third-order valence-electron chi connectivity index (χ3n) is 5.90. The van der Waals surface area contributed by atoms with Gasteiger partial charge in [-0.1, -0.05) is 17.3 Å². The van der Waals surface area contributed by atoms with Crippen molar-refractivity contribution in [3.63, 3.8) is 0 Å². The number of pyridine rings is 1. The molecule has 14 heteroatoms. The van der Waals surface area contributed by atoms with Gasteiger partial charge in [0.05, 0.1) is 31.1 Å². The number of hydrogen-bond donors (Lipinski definition) is 3. The van der Waals surface area contributed by atoms with Crippen molar-refractivity contribution >= 4 is 25.7 Å². The minimum Gasteiger partial charge on any atom is -0.453 e. The quantitative estimate of drug-likeness (QED) is 0.394. The maximum atomic E-state index is 12.5. The van der Waals surface area contributed by atoms with E-state index in [1.54, 1.807) is 17.2 Å². The molecular formula is C22H21N4O9P. The van der Waals surface area contributed by atoms with Crippen molar-refractivity contribution in [3.8, 4) is 22.5 Å². The number of ether oxygens (including phenoxy) is 2. The fourth-order valence-corrected chi connectivity index (χ4v) is 4.55. The Morgan fingerprint density at radius 2 is 2.03 bits per heavy atom. The monoisotopic (exact) mass is 516 g/mol. The van der Waals surface area contributed by atoms with E-state index in [0.717, 1.165) is 22.4 Å². The molecular weight excluding hydrogens is 495 g/mol. The van der Waals surface area contributed by atoms with E-state index in [-0.39, 0.29) is 18.3 Å². The molecule has 1 saturated heterocycles. The molecule has 188 valence electrons. The summed E-state index contributed by atoms with van der Waals surface area (Å²) in [6.07, 6.45) is 0.715. The van der Waals surface area contributed by atoms with Gasteiger partial charge in [-0.2, -0.15) is 0 Å². The largest absolute Gasteiger partial charge is 0.470 e. The highest BCUT2D eigenvalue weighted by molar-refractivity contribution is 7.46. The summed E-state index contributed by atoms with van der Waals surface area (Å²) in [5.41, 5.74) is 4.40. The van der Waals surface area contributed by atoms with Gasteiger partial charge in [-0.3, -0.25) is 14.4 Å². The second kappa shape index (κ2) is 9.36. The first kappa shape index (κ1) is 23.9. The zero-order valence-corrected chi connectivity index (χ0v) is 19.8. The van der Waals surface area contributed by atoms with Crippen LogP contribution in [0.1, 0.15) is 11.3 Å². The van der Waals surface area contributed by atoms with Crippen LogP contribution in [0.15, 0.2) is 47.1 Å². The van der Waals surface area contributed by atoms with E-state index in [4.69, 9.17) is 19.0 Å². The molecule has 4 heterocycles. The predicted molar refractivity (Wildman–Crippen MR) is 123 cm³/mol. The number of aromatic nitrogens is 2. The number of nitrogens with zero attached hydrogens (tertiary/aromatic N) is 3. The number of anilines is 1. The number of hydrogen-bond acceptors (Lipinski definition) is 9. The average Bonchev–Trinajstić information content (AvgIpc) is 3.56. The van der Waals surface area contributed by atoms with Crippen LogP contribution in [-0.2, 0) is 31.6 Å². The smallest absolute Gasteiger partial charge is 0.453 e. The summed E-state index contributed by atoms with van der Waals surface area (Å²) in [4.78, 5) is 47.5. The average molecular weight is 516 g/mol. The lowest BCUT2D eigenvalue weighted by molar-refractivity contribution is 0.123. The number of methoxy groups -OCH3 is 1. The van der Waals surface area contributed by atoms with E-state index >= 15 is 0 Å². The molecule has 2 aliphatic rings. The first-order chi connectivity index (χ1) is 17.2. The maximum absolute atomic E-state index is 12.5. The van der Waals surface area contributed by atoms with Gasteiger partial charge in [0.1, 0.15) is 18.4 Å². The fourth-order valence-electron chi connectivity index (χ4n) is 4.25. The zero-order valence-electron chi connectivity index (χ0n) is 18.9. The van der Waals surface area contributed by atoms with Gasteiger partial charge in [0.2, 0.25) is 0 Å². The van der Waals surface area contributed by atoms with Crippen LogP contribution in [0, 0.1) is 0 Å². The summed E-state index contributed by atoms with van der Waals surface area (Å²) in [6, 6.07) is 10.6. The van der Waals surface area contributed by atoms with Crippen molar-refractivity contribution in [1.29, 1.82) is 0 Å². The molecule has 1 aromatic carbocycles. The lowest BCUT2D eigenvalue weighted by Gasteiger charge is -2.16. The molecule has 36 heavy (non-hydrogen) atoms. The number of fused-ring (bicyclic) bond motifs is 3. The van der Waals surface area contributed by atoms with Crippen molar-refractivity contribution in [2.24, 2.45) is 0 Å². The van der Waals surface area contributed by atoms with Crippen molar-refractivity contribution in [2.45, 2.75) is 25.2 Å². The lowest BCUT2D eigenvalue weighted by atomic mass is 10.0. The molecule has 5 rings (SSSR count). The molecule has 1 fully saturated rings. The highest BCUT2D eigenvalue weighted by Gasteiger charge is 2.47. The van der Waals surface area contributed by atoms with Gasteiger partial charge < -0.3 is 29.1 Å². The summed E-state index contributed by atoms with van der Waals surface area (Å²) in [5, 5.41) is 6.44. The number of phosphoric ester groups is 1. The van der Waals surface area contributed by atoms with E-state index < -0.39 is 32.7 Å². The van der Waals surface area contributed by atoms with Gasteiger partial charge in [-0.05, 0) is 35.7 Å². The standard InChI is InChI=1S/C22H21N4O9P/c1-32-21(27)24-10-20-19-7-14-6-12(3-5-18(14)26(19)22(28)34-20)13-2-4-16(23-9-13)17-8-15(35-25-17)11-33-36(29,30)31/h2-6,8-9,19-20H,7,10-11H2,1H3,(H,24,27)(H2,29,30,31)/t19-,20-/m0/s1. The molecule has 3 N–H and O–H groups in total. The van der Waals surface area contributed by atoms with E-state index in [1.165, 1.54) is 13.2 Å². The summed E-state index contributed by atoms with van der Waals surface area (Å²) < 4.78 is 30.3. The molecule has 2 amide bonds. The highest BCUT2D eigenvalue weighted by Crippen LogP contribution is 2.40. The fraction of sp³-hybridized carbons (Fsp3) is 0.273. The Bertz CT molecular complexity index is 1350. The van der Waals surface area contributed by atoms with Crippen LogP contribution in [0.4, 0.5) is 15.3 Å². The minimum absolute atomic E-state index is 0.150. The van der Waals surface area contributed by atoms with Crippen LogP contribution in [0.5, 0.6) is 0 Å². The van der Waals surface area contributed by atoms with Gasteiger partial charge in [-0.25, -0.2) is 14.2 Å². The third-order valence-corrected chi connectivity index (χ3v) is 6.37. The first-order valence-corrected chi connectivity index (χ1v) is 12.3. The Hall–Kier alpha value is -3.77. The van der Waals surface area contributed by atoms with Crippen molar-refractivity contribution in [2.75, 3.05) is 18.6 Å². The molecule has 2 atom stereocenters. The molecule has 2 aliphatic heterocycles. The number of phosphoric acid groups is 1. The number of carbonyl (C=O) groups excluding carboxylic acids is 2. The number of benzene rings is 1. The summed E-state index contributed by atoms with van der Waals surface area (Å²) >= 11 is 0. The number of cyclic esters (lactones) is 1. The second-order valence-corrected chi connectivity index (χ2v) is 9.39. The number of amides is 2. The van der Waals surface area contributed by atoms with Crippen LogP contribution >= 0.6 is 7.82 Å².